The predicted molar refractivity (Wildman–Crippen MR) is 99.1 cm³/mol. The average Bonchev–Trinajstić information content (AvgIpc) is 2.63. The van der Waals surface area contributed by atoms with Gasteiger partial charge in [-0.1, -0.05) is 42.5 Å². The molecule has 0 aliphatic carbocycles. The first-order valence-electron chi connectivity index (χ1n) is 8.91. The minimum Gasteiger partial charge on any atom is -0.338 e. The van der Waals surface area contributed by atoms with Gasteiger partial charge in [0.25, 0.3) is 0 Å². The number of anilines is 1. The molecule has 4 heteroatoms. The van der Waals surface area contributed by atoms with Crippen molar-refractivity contribution in [1.29, 1.82) is 0 Å². The Balaban J connectivity index is 1.54. The molecule has 2 aromatic carbocycles. The van der Waals surface area contributed by atoms with E-state index in [4.69, 9.17) is 0 Å². The van der Waals surface area contributed by atoms with E-state index in [1.165, 1.54) is 0 Å². The summed E-state index contributed by atoms with van der Waals surface area (Å²) in [5.74, 6) is 0.235. The summed E-state index contributed by atoms with van der Waals surface area (Å²) >= 11 is 0. The number of aryl methyl sites for hydroxylation is 1. The lowest BCUT2D eigenvalue weighted by Gasteiger charge is -2.26. The molecule has 1 N–H and O–H groups in total. The van der Waals surface area contributed by atoms with Crippen LogP contribution in [-0.2, 0) is 22.6 Å². The maximum absolute atomic E-state index is 12.2. The van der Waals surface area contributed by atoms with E-state index in [2.05, 4.69) is 5.32 Å². The molecule has 1 aliphatic heterocycles. The van der Waals surface area contributed by atoms with Crippen molar-refractivity contribution in [3.63, 3.8) is 0 Å². The van der Waals surface area contributed by atoms with E-state index < -0.39 is 0 Å². The van der Waals surface area contributed by atoms with Crippen LogP contribution in [0, 0.1) is 0 Å². The number of rotatable bonds is 6. The second kappa shape index (κ2) is 8.47. The van der Waals surface area contributed by atoms with Crippen LogP contribution in [0.25, 0.3) is 0 Å². The Kier molecular flexibility index (Phi) is 5.83. The summed E-state index contributed by atoms with van der Waals surface area (Å²) in [4.78, 5) is 26.0. The van der Waals surface area contributed by atoms with Gasteiger partial charge in [-0.15, -0.1) is 0 Å². The SMILES string of the molecule is O=C(CCc1ccccc1)Nc1cccc(CN2CCCCC2=O)c1. The molecule has 0 atom stereocenters. The van der Waals surface area contributed by atoms with Gasteiger partial charge in [0, 0.05) is 31.6 Å². The van der Waals surface area contributed by atoms with Crippen LogP contribution in [0.1, 0.15) is 36.8 Å². The third kappa shape index (κ3) is 5.18. The van der Waals surface area contributed by atoms with Crippen molar-refractivity contribution in [3.05, 3.63) is 65.7 Å². The van der Waals surface area contributed by atoms with E-state index in [1.54, 1.807) is 0 Å². The van der Waals surface area contributed by atoms with Crippen molar-refractivity contribution in [2.24, 2.45) is 0 Å². The first-order valence-corrected chi connectivity index (χ1v) is 8.91. The fourth-order valence-electron chi connectivity index (χ4n) is 3.12. The minimum atomic E-state index is 0.00931. The summed E-state index contributed by atoms with van der Waals surface area (Å²) in [6, 6.07) is 17.8. The second-order valence-corrected chi connectivity index (χ2v) is 6.51. The quantitative estimate of drug-likeness (QED) is 0.873. The molecule has 0 radical (unpaired) electrons. The normalized spacial score (nSPS) is 14.4. The maximum Gasteiger partial charge on any atom is 0.224 e. The number of amides is 2. The molecular formula is C21H24N2O2. The standard InChI is InChI=1S/C21H24N2O2/c24-20(13-12-17-7-2-1-3-8-17)22-19-10-6-9-18(15-19)16-23-14-5-4-11-21(23)25/h1-3,6-10,15H,4-5,11-14,16H2,(H,22,24). The molecule has 0 unspecified atom stereocenters. The summed E-state index contributed by atoms with van der Waals surface area (Å²) in [5, 5.41) is 2.96. The maximum atomic E-state index is 12.2. The molecule has 2 aromatic rings. The van der Waals surface area contributed by atoms with E-state index in [9.17, 15) is 9.59 Å². The number of piperidine rings is 1. The highest BCUT2D eigenvalue weighted by atomic mass is 16.2. The molecule has 3 rings (SSSR count). The zero-order valence-corrected chi connectivity index (χ0v) is 14.4. The van der Waals surface area contributed by atoms with E-state index in [0.29, 0.717) is 19.4 Å². The highest BCUT2D eigenvalue weighted by Gasteiger charge is 2.18. The lowest BCUT2D eigenvalue weighted by Crippen LogP contribution is -2.34. The zero-order chi connectivity index (χ0) is 17.5. The molecule has 1 saturated heterocycles. The number of carbonyl (C=O) groups is 2. The number of nitrogens with one attached hydrogen (secondary N) is 1. The summed E-state index contributed by atoms with van der Waals surface area (Å²) in [5.41, 5.74) is 3.01. The van der Waals surface area contributed by atoms with Crippen LogP contribution in [0.15, 0.2) is 54.6 Å². The lowest BCUT2D eigenvalue weighted by molar-refractivity contribution is -0.133. The Hall–Kier alpha value is -2.62. The molecule has 0 spiro atoms. The molecule has 0 bridgehead atoms. The first-order chi connectivity index (χ1) is 12.2. The lowest BCUT2D eigenvalue weighted by atomic mass is 10.1. The van der Waals surface area contributed by atoms with Crippen molar-refractivity contribution in [2.75, 3.05) is 11.9 Å². The fourth-order valence-corrected chi connectivity index (χ4v) is 3.12. The monoisotopic (exact) mass is 336 g/mol. The van der Waals surface area contributed by atoms with E-state index in [-0.39, 0.29) is 11.8 Å². The molecule has 1 aliphatic rings. The Morgan fingerprint density at radius 1 is 1.00 bits per heavy atom. The van der Waals surface area contributed by atoms with Crippen LogP contribution in [0.5, 0.6) is 0 Å². The average molecular weight is 336 g/mol. The minimum absolute atomic E-state index is 0.00931. The van der Waals surface area contributed by atoms with Gasteiger partial charge < -0.3 is 10.2 Å². The van der Waals surface area contributed by atoms with Crippen LogP contribution in [-0.4, -0.2) is 23.3 Å². The van der Waals surface area contributed by atoms with Crippen molar-refractivity contribution in [1.82, 2.24) is 4.90 Å². The molecule has 0 aromatic heterocycles. The molecule has 1 heterocycles. The predicted octanol–water partition coefficient (Wildman–Crippen LogP) is 3.77. The van der Waals surface area contributed by atoms with Gasteiger partial charge in [-0.3, -0.25) is 9.59 Å². The van der Waals surface area contributed by atoms with E-state index in [0.717, 1.165) is 42.6 Å². The Bertz CT molecular complexity index is 728. The number of benzene rings is 2. The molecule has 25 heavy (non-hydrogen) atoms. The number of likely N-dealkylation sites (tertiary alicyclic amines) is 1. The van der Waals surface area contributed by atoms with Crippen molar-refractivity contribution < 1.29 is 9.59 Å². The van der Waals surface area contributed by atoms with Crippen molar-refractivity contribution >= 4 is 17.5 Å². The summed E-state index contributed by atoms with van der Waals surface area (Å²) in [6.07, 6.45) is 3.90. The van der Waals surface area contributed by atoms with E-state index in [1.807, 2.05) is 59.5 Å². The molecule has 2 amide bonds. The molecule has 130 valence electrons. The third-order valence-electron chi connectivity index (χ3n) is 4.49. The van der Waals surface area contributed by atoms with Crippen LogP contribution >= 0.6 is 0 Å². The number of hydrogen-bond donors (Lipinski definition) is 1. The van der Waals surface area contributed by atoms with Gasteiger partial charge in [-0.2, -0.15) is 0 Å². The van der Waals surface area contributed by atoms with Crippen LogP contribution in [0.2, 0.25) is 0 Å². The van der Waals surface area contributed by atoms with Crippen molar-refractivity contribution in [3.8, 4) is 0 Å². The molecule has 1 fully saturated rings. The highest BCUT2D eigenvalue weighted by molar-refractivity contribution is 5.90. The third-order valence-corrected chi connectivity index (χ3v) is 4.49. The Morgan fingerprint density at radius 3 is 2.60 bits per heavy atom. The van der Waals surface area contributed by atoms with Gasteiger partial charge in [-0.25, -0.2) is 0 Å². The highest BCUT2D eigenvalue weighted by Crippen LogP contribution is 2.17. The van der Waals surface area contributed by atoms with Gasteiger partial charge >= 0.3 is 0 Å². The zero-order valence-electron chi connectivity index (χ0n) is 14.4. The molecule has 0 saturated carbocycles. The summed E-state index contributed by atoms with van der Waals surface area (Å²) < 4.78 is 0. The van der Waals surface area contributed by atoms with Crippen LogP contribution < -0.4 is 5.32 Å². The van der Waals surface area contributed by atoms with Crippen molar-refractivity contribution in [2.45, 2.75) is 38.6 Å². The Morgan fingerprint density at radius 2 is 1.80 bits per heavy atom. The fraction of sp³-hybridized carbons (Fsp3) is 0.333. The topological polar surface area (TPSA) is 49.4 Å². The molecular weight excluding hydrogens is 312 g/mol. The largest absolute Gasteiger partial charge is 0.338 e. The summed E-state index contributed by atoms with van der Waals surface area (Å²) in [7, 11) is 0. The van der Waals surface area contributed by atoms with Gasteiger partial charge in [0.2, 0.25) is 11.8 Å². The van der Waals surface area contributed by atoms with Gasteiger partial charge in [-0.05, 0) is 42.5 Å². The van der Waals surface area contributed by atoms with Gasteiger partial charge in [0.15, 0.2) is 0 Å². The van der Waals surface area contributed by atoms with Crippen LogP contribution in [0.3, 0.4) is 0 Å². The first kappa shape index (κ1) is 17.2. The smallest absolute Gasteiger partial charge is 0.224 e. The number of carbonyl (C=O) groups excluding carboxylic acids is 2. The summed E-state index contributed by atoms with van der Waals surface area (Å²) in [6.45, 7) is 1.44. The second-order valence-electron chi connectivity index (χ2n) is 6.51. The molecule has 4 nitrogen and oxygen atoms in total. The number of nitrogens with zero attached hydrogens (tertiary/aromatic N) is 1. The van der Waals surface area contributed by atoms with Gasteiger partial charge in [0.1, 0.15) is 0 Å². The Labute approximate surface area is 148 Å². The van der Waals surface area contributed by atoms with Gasteiger partial charge in [0.05, 0.1) is 0 Å². The van der Waals surface area contributed by atoms with E-state index >= 15 is 0 Å². The number of hydrogen-bond acceptors (Lipinski definition) is 2. The van der Waals surface area contributed by atoms with Crippen LogP contribution in [0.4, 0.5) is 5.69 Å².